The average Bonchev–Trinajstić information content (AvgIpc) is 1.89. The maximum atomic E-state index is 8.14. The van der Waals surface area contributed by atoms with E-state index in [1.165, 1.54) is 4.55 Å². The Labute approximate surface area is 89.8 Å². The lowest BCUT2D eigenvalue weighted by atomic mass is 10.2. The Morgan fingerprint density at radius 1 is 1.09 bits per heavy atom. The van der Waals surface area contributed by atoms with Crippen LogP contribution >= 0.6 is 12.4 Å². The lowest BCUT2D eigenvalue weighted by molar-refractivity contribution is 0.248. The maximum Gasteiger partial charge on any atom is 1.41 e. The van der Waals surface area contributed by atoms with Gasteiger partial charge in [0.25, 0.3) is 4.55 Å². The first-order valence-corrected chi connectivity index (χ1v) is 4.94. The Balaban J connectivity index is -0.000000107. The van der Waals surface area contributed by atoms with E-state index in [4.69, 9.17) is 5.11 Å². The van der Waals surface area contributed by atoms with Crippen LogP contribution in [0.1, 0.15) is 27.7 Å². The van der Waals surface area contributed by atoms with Crippen molar-refractivity contribution in [1.82, 2.24) is 0 Å². The third kappa shape index (κ3) is 35.6. The van der Waals surface area contributed by atoms with E-state index in [0.717, 1.165) is 5.92 Å². The van der Waals surface area contributed by atoms with Gasteiger partial charge in [-0.1, -0.05) is 27.7 Å². The second-order valence-electron chi connectivity index (χ2n) is 3.26. The van der Waals surface area contributed by atoms with Gasteiger partial charge in [-0.2, -0.15) is 0 Å². The molecule has 0 aromatic heterocycles. The largest absolute Gasteiger partial charge is 1.41 e. The van der Waals surface area contributed by atoms with E-state index >= 15 is 0 Å². The number of hydrogen-bond acceptors (Lipinski definition) is 1. The van der Waals surface area contributed by atoms with Crippen LogP contribution in [-0.2, 0) is 0 Å². The highest BCUT2D eigenvalue weighted by molar-refractivity contribution is 6.08. The lowest BCUT2D eigenvalue weighted by Crippen LogP contribution is -1.90. The third-order valence-corrected chi connectivity index (χ3v) is 2.10. The summed E-state index contributed by atoms with van der Waals surface area (Å²) in [4.78, 5) is 0. The number of halogens is 1. The van der Waals surface area contributed by atoms with Crippen LogP contribution in [0.15, 0.2) is 0 Å². The van der Waals surface area contributed by atoms with Crippen LogP contribution in [0.25, 0.3) is 0 Å². The molecule has 0 saturated carbocycles. The van der Waals surface area contributed by atoms with Crippen molar-refractivity contribution in [3.63, 3.8) is 0 Å². The molecule has 0 heterocycles. The van der Waals surface area contributed by atoms with E-state index in [2.05, 4.69) is 13.8 Å². The second kappa shape index (κ2) is 13.6. The summed E-state index contributed by atoms with van der Waals surface area (Å²) >= 11 is 2.03. The Hall–Kier alpha value is 1.02. The smallest absolute Gasteiger partial charge is 0.396 e. The van der Waals surface area contributed by atoms with Gasteiger partial charge in [-0.15, -0.1) is 12.4 Å². The minimum absolute atomic E-state index is 0. The summed E-state index contributed by atoms with van der Waals surface area (Å²) in [5.74, 6) is 1.34. The first kappa shape index (κ1) is 17.9. The fourth-order valence-electron chi connectivity index (χ4n) is 0. The van der Waals surface area contributed by atoms with Gasteiger partial charge in [-0.3, -0.25) is 0 Å². The lowest BCUT2D eigenvalue weighted by Gasteiger charge is -1.90. The zero-order valence-corrected chi connectivity index (χ0v) is 10.4. The molecule has 0 aliphatic rings. The molecule has 65 valence electrons. The SMILES string of the molecule is CC(C)CO.CC(C)[CH2][Mg+2].Cl. The fraction of sp³-hybridized carbons (Fsp3) is 1.00. The van der Waals surface area contributed by atoms with Crippen molar-refractivity contribution in [2.75, 3.05) is 6.61 Å². The summed E-state index contributed by atoms with van der Waals surface area (Å²) in [7, 11) is 0. The van der Waals surface area contributed by atoms with Crippen molar-refractivity contribution in [3.05, 3.63) is 0 Å². The van der Waals surface area contributed by atoms with E-state index in [9.17, 15) is 0 Å². The molecule has 0 fully saturated rings. The van der Waals surface area contributed by atoms with Gasteiger partial charge in [0.1, 0.15) is 0 Å². The van der Waals surface area contributed by atoms with Crippen molar-refractivity contribution < 1.29 is 5.11 Å². The molecule has 0 amide bonds. The molecule has 1 nitrogen and oxygen atoms in total. The first-order valence-electron chi connectivity index (χ1n) is 3.94. The van der Waals surface area contributed by atoms with E-state index < -0.39 is 0 Å². The summed E-state index contributed by atoms with van der Waals surface area (Å²) < 4.78 is 1.33. The summed E-state index contributed by atoms with van der Waals surface area (Å²) in [6, 6.07) is 0. The predicted molar refractivity (Wildman–Crippen MR) is 54.6 cm³/mol. The van der Waals surface area contributed by atoms with Crippen molar-refractivity contribution in [1.29, 1.82) is 0 Å². The van der Waals surface area contributed by atoms with Crippen LogP contribution in [-0.4, -0.2) is 33.4 Å². The highest BCUT2D eigenvalue weighted by Gasteiger charge is 2.24. The summed E-state index contributed by atoms with van der Waals surface area (Å²) in [5.41, 5.74) is 0. The highest BCUT2D eigenvalue weighted by Crippen LogP contribution is 1.92. The molecule has 0 unspecified atom stereocenters. The molecule has 7 radical (unpaired) electrons. The van der Waals surface area contributed by atoms with Crippen molar-refractivity contribution in [2.24, 2.45) is 11.8 Å². The minimum Gasteiger partial charge on any atom is -0.396 e. The van der Waals surface area contributed by atoms with Crippen LogP contribution in [0, 0.1) is 11.8 Å². The topological polar surface area (TPSA) is 20.2 Å². The van der Waals surface area contributed by atoms with Crippen LogP contribution < -0.4 is 0 Å². The molecule has 0 aromatic rings. The zero-order valence-electron chi connectivity index (χ0n) is 8.13. The first-order chi connectivity index (χ1) is 4.54. The molecule has 0 saturated heterocycles. The molecular formula is C8H20ClMgO+2. The summed E-state index contributed by atoms with van der Waals surface area (Å²) in [5, 5.41) is 8.14. The van der Waals surface area contributed by atoms with Gasteiger partial charge >= 0.3 is 21.7 Å². The van der Waals surface area contributed by atoms with Gasteiger partial charge in [0.15, 0.2) is 0 Å². The summed E-state index contributed by atoms with van der Waals surface area (Å²) in [6.45, 7) is 8.71. The molecule has 0 aliphatic heterocycles. The zero-order chi connectivity index (χ0) is 8.57. The van der Waals surface area contributed by atoms with Crippen molar-refractivity contribution in [2.45, 2.75) is 32.2 Å². The number of aliphatic hydroxyl groups is 1. The third-order valence-electron chi connectivity index (χ3n) is 0.942. The molecule has 3 heteroatoms. The van der Waals surface area contributed by atoms with E-state index in [1.807, 2.05) is 35.6 Å². The molecular weight excluding hydrogens is 172 g/mol. The van der Waals surface area contributed by atoms with Crippen LogP contribution in [0.4, 0.5) is 0 Å². The summed E-state index contributed by atoms with van der Waals surface area (Å²) in [6.07, 6.45) is 0. The Kier molecular flexibility index (Phi) is 22.2. The van der Waals surface area contributed by atoms with Crippen LogP contribution in [0.2, 0.25) is 4.55 Å². The molecule has 0 atom stereocenters. The van der Waals surface area contributed by atoms with Crippen LogP contribution in [0.5, 0.6) is 0 Å². The number of hydrogen-bond donors (Lipinski definition) is 1. The Morgan fingerprint density at radius 3 is 1.27 bits per heavy atom. The van der Waals surface area contributed by atoms with E-state index in [-0.39, 0.29) is 12.4 Å². The molecule has 11 heavy (non-hydrogen) atoms. The molecule has 0 bridgehead atoms. The van der Waals surface area contributed by atoms with Gasteiger partial charge in [-0.25, -0.2) is 0 Å². The van der Waals surface area contributed by atoms with Crippen LogP contribution in [0.3, 0.4) is 0 Å². The van der Waals surface area contributed by atoms with E-state index in [1.54, 1.807) is 0 Å². The molecule has 0 spiro atoms. The van der Waals surface area contributed by atoms with Gasteiger partial charge < -0.3 is 5.11 Å². The molecule has 0 aliphatic carbocycles. The van der Waals surface area contributed by atoms with Crippen molar-refractivity contribution in [3.8, 4) is 0 Å². The van der Waals surface area contributed by atoms with E-state index in [0.29, 0.717) is 12.5 Å². The second-order valence-corrected chi connectivity index (χ2v) is 3.84. The van der Waals surface area contributed by atoms with Crippen molar-refractivity contribution >= 4 is 34.1 Å². The molecule has 0 rings (SSSR count). The quantitative estimate of drug-likeness (QED) is 0.665. The standard InChI is InChI=1S/C4H10O.C4H9.ClH.Mg/c1-4(2)3-5;1-4(2)3;;/h4-5H,3H2,1-2H3;4H,1H2,2-3H3;1H;/q;;;+2. The number of rotatable bonds is 2. The van der Waals surface area contributed by atoms with Gasteiger partial charge in [0.05, 0.1) is 0 Å². The normalized spacial score (nSPS) is 8.73. The Bertz CT molecular complexity index is 50.1. The Morgan fingerprint density at radius 2 is 1.27 bits per heavy atom. The average molecular weight is 192 g/mol. The van der Waals surface area contributed by atoms with Gasteiger partial charge in [0, 0.05) is 12.5 Å². The fourth-order valence-corrected chi connectivity index (χ4v) is 0. The highest BCUT2D eigenvalue weighted by atomic mass is 35.5. The predicted octanol–water partition coefficient (Wildman–Crippen LogP) is 2.29. The number of aliphatic hydroxyl groups excluding tert-OH is 1. The van der Waals surface area contributed by atoms with Gasteiger partial charge in [-0.05, 0) is 5.92 Å². The van der Waals surface area contributed by atoms with Gasteiger partial charge in [0.2, 0.25) is 0 Å². The minimum atomic E-state index is 0. The molecule has 0 aromatic carbocycles. The maximum absolute atomic E-state index is 8.14. The monoisotopic (exact) mass is 191 g/mol. The molecule has 1 N–H and O–H groups in total.